The highest BCUT2D eigenvalue weighted by molar-refractivity contribution is 5.91. The van der Waals surface area contributed by atoms with Gasteiger partial charge >= 0.3 is 0 Å². The Morgan fingerprint density at radius 1 is 1.08 bits per heavy atom. The van der Waals surface area contributed by atoms with Crippen LogP contribution in [0.5, 0.6) is 5.75 Å². The number of carbonyl (C=O) groups excluding carboxylic acids is 1. The van der Waals surface area contributed by atoms with Crippen molar-refractivity contribution in [1.29, 1.82) is 0 Å². The third-order valence-corrected chi connectivity index (χ3v) is 4.31. The molecule has 0 spiro atoms. The van der Waals surface area contributed by atoms with Crippen LogP contribution in [-0.2, 0) is 11.2 Å². The molecule has 0 radical (unpaired) electrons. The number of rotatable bonds is 5. The van der Waals surface area contributed by atoms with Gasteiger partial charge in [-0.2, -0.15) is 0 Å². The van der Waals surface area contributed by atoms with E-state index in [4.69, 9.17) is 4.74 Å². The number of carbonyl (C=O) groups is 1. The van der Waals surface area contributed by atoms with Crippen molar-refractivity contribution in [3.05, 3.63) is 54.1 Å². The maximum absolute atomic E-state index is 12.3. The zero-order chi connectivity index (χ0) is 18.7. The zero-order valence-corrected chi connectivity index (χ0v) is 15.8. The van der Waals surface area contributed by atoms with Gasteiger partial charge in [-0.1, -0.05) is 18.2 Å². The lowest BCUT2D eigenvalue weighted by Crippen LogP contribution is -2.40. The number of benzene rings is 2. The van der Waals surface area contributed by atoms with Crippen LogP contribution >= 0.6 is 0 Å². The van der Waals surface area contributed by atoms with Crippen molar-refractivity contribution in [3.8, 4) is 17.0 Å². The van der Waals surface area contributed by atoms with E-state index in [0.717, 1.165) is 22.5 Å². The third-order valence-electron chi connectivity index (χ3n) is 4.31. The second-order valence-electron chi connectivity index (χ2n) is 7.55. The summed E-state index contributed by atoms with van der Waals surface area (Å²) in [5, 5.41) is 4.21. The first kappa shape index (κ1) is 18.1. The number of fused-ring (bicyclic) bond motifs is 1. The van der Waals surface area contributed by atoms with Crippen LogP contribution in [-0.4, -0.2) is 23.5 Å². The summed E-state index contributed by atoms with van der Waals surface area (Å²) in [7, 11) is 1.66. The zero-order valence-electron chi connectivity index (χ0n) is 15.8. The van der Waals surface area contributed by atoms with Gasteiger partial charge in [0.15, 0.2) is 0 Å². The van der Waals surface area contributed by atoms with Crippen LogP contribution in [0.3, 0.4) is 0 Å². The monoisotopic (exact) mass is 350 g/mol. The molecule has 3 rings (SSSR count). The van der Waals surface area contributed by atoms with E-state index in [1.165, 1.54) is 10.9 Å². The second-order valence-corrected chi connectivity index (χ2v) is 7.55. The van der Waals surface area contributed by atoms with E-state index in [0.29, 0.717) is 12.8 Å². The molecule has 2 N–H and O–H groups in total. The van der Waals surface area contributed by atoms with E-state index in [1.54, 1.807) is 7.11 Å². The van der Waals surface area contributed by atoms with Crippen LogP contribution in [0.2, 0.25) is 0 Å². The summed E-state index contributed by atoms with van der Waals surface area (Å²) in [6.07, 6.45) is 1.15. The maximum Gasteiger partial charge on any atom is 0.220 e. The molecule has 0 unspecified atom stereocenters. The van der Waals surface area contributed by atoms with E-state index >= 15 is 0 Å². The molecule has 0 aliphatic rings. The van der Waals surface area contributed by atoms with Gasteiger partial charge in [-0.3, -0.25) is 4.79 Å². The Kier molecular flexibility index (Phi) is 5.03. The number of nitrogens with one attached hydrogen (secondary N) is 2. The van der Waals surface area contributed by atoms with Gasteiger partial charge < -0.3 is 15.0 Å². The lowest BCUT2D eigenvalue weighted by atomic mass is 10.0. The van der Waals surface area contributed by atoms with Crippen molar-refractivity contribution >= 4 is 16.8 Å². The van der Waals surface area contributed by atoms with E-state index in [2.05, 4.69) is 22.4 Å². The highest BCUT2D eigenvalue weighted by Gasteiger charge is 2.17. The van der Waals surface area contributed by atoms with Crippen molar-refractivity contribution < 1.29 is 9.53 Å². The van der Waals surface area contributed by atoms with Crippen LogP contribution in [0.4, 0.5) is 0 Å². The average molecular weight is 350 g/mol. The van der Waals surface area contributed by atoms with Gasteiger partial charge in [0.1, 0.15) is 5.75 Å². The standard InChI is InChI=1S/C22H26N2O2/c1-22(2,3)24-20(25)14-13-18-17-7-5-6-8-19(17)23-21(18)15-9-11-16(26-4)12-10-15/h5-12,23H,13-14H2,1-4H3,(H,24,25). The van der Waals surface area contributed by atoms with Gasteiger partial charge in [-0.05, 0) is 68.7 Å². The van der Waals surface area contributed by atoms with E-state index in [-0.39, 0.29) is 11.4 Å². The molecule has 4 nitrogen and oxygen atoms in total. The Morgan fingerprint density at radius 2 is 1.77 bits per heavy atom. The molecular weight excluding hydrogens is 324 g/mol. The fraction of sp³-hybridized carbons (Fsp3) is 0.318. The number of methoxy groups -OCH3 is 1. The Hall–Kier alpha value is -2.75. The normalized spacial score (nSPS) is 11.5. The number of amides is 1. The molecule has 0 atom stereocenters. The number of ether oxygens (including phenoxy) is 1. The number of aromatic amines is 1. The Bertz CT molecular complexity index is 902. The summed E-state index contributed by atoms with van der Waals surface area (Å²) >= 11 is 0. The van der Waals surface area contributed by atoms with Crippen molar-refractivity contribution in [1.82, 2.24) is 10.3 Å². The molecule has 136 valence electrons. The molecule has 0 aliphatic heterocycles. The fourth-order valence-corrected chi connectivity index (χ4v) is 3.18. The van der Waals surface area contributed by atoms with Crippen LogP contribution in [0.1, 0.15) is 32.8 Å². The van der Waals surface area contributed by atoms with Gasteiger partial charge in [0, 0.05) is 28.6 Å². The van der Waals surface area contributed by atoms with E-state index in [9.17, 15) is 4.79 Å². The fourth-order valence-electron chi connectivity index (χ4n) is 3.18. The van der Waals surface area contributed by atoms with Gasteiger partial charge in [0.05, 0.1) is 7.11 Å². The highest BCUT2D eigenvalue weighted by atomic mass is 16.5. The first-order chi connectivity index (χ1) is 12.4. The van der Waals surface area contributed by atoms with Gasteiger partial charge in [-0.25, -0.2) is 0 Å². The van der Waals surface area contributed by atoms with Crippen LogP contribution in [0, 0.1) is 0 Å². The lowest BCUT2D eigenvalue weighted by Gasteiger charge is -2.20. The molecular formula is C22H26N2O2. The molecule has 2 aromatic carbocycles. The second kappa shape index (κ2) is 7.24. The SMILES string of the molecule is COc1ccc(-c2[nH]c3ccccc3c2CCC(=O)NC(C)(C)C)cc1. The van der Waals surface area contributed by atoms with Crippen LogP contribution in [0.15, 0.2) is 48.5 Å². The highest BCUT2D eigenvalue weighted by Crippen LogP contribution is 2.32. The number of aryl methyl sites for hydroxylation is 1. The first-order valence-electron chi connectivity index (χ1n) is 8.92. The molecule has 1 amide bonds. The third kappa shape index (κ3) is 4.07. The van der Waals surface area contributed by atoms with Crippen molar-refractivity contribution in [2.75, 3.05) is 7.11 Å². The Labute approximate surface area is 154 Å². The maximum atomic E-state index is 12.3. The predicted molar refractivity (Wildman–Crippen MR) is 107 cm³/mol. The first-order valence-corrected chi connectivity index (χ1v) is 8.92. The minimum absolute atomic E-state index is 0.0727. The van der Waals surface area contributed by atoms with Gasteiger partial charge in [-0.15, -0.1) is 0 Å². The molecule has 1 heterocycles. The minimum Gasteiger partial charge on any atom is -0.497 e. The van der Waals surface area contributed by atoms with Crippen molar-refractivity contribution in [3.63, 3.8) is 0 Å². The number of aromatic nitrogens is 1. The van der Waals surface area contributed by atoms with Gasteiger partial charge in [0.2, 0.25) is 5.91 Å². The Morgan fingerprint density at radius 3 is 2.42 bits per heavy atom. The molecule has 26 heavy (non-hydrogen) atoms. The van der Waals surface area contributed by atoms with E-state index < -0.39 is 0 Å². The smallest absolute Gasteiger partial charge is 0.220 e. The largest absolute Gasteiger partial charge is 0.497 e. The van der Waals surface area contributed by atoms with Crippen LogP contribution in [0.25, 0.3) is 22.2 Å². The summed E-state index contributed by atoms with van der Waals surface area (Å²) in [5.41, 5.74) is 4.21. The molecule has 0 bridgehead atoms. The number of hydrogen-bond acceptors (Lipinski definition) is 2. The molecule has 0 saturated carbocycles. The predicted octanol–water partition coefficient (Wildman–Crippen LogP) is 4.69. The van der Waals surface area contributed by atoms with Crippen molar-refractivity contribution in [2.45, 2.75) is 39.2 Å². The molecule has 3 aromatic rings. The van der Waals surface area contributed by atoms with Crippen molar-refractivity contribution in [2.24, 2.45) is 0 Å². The Balaban J connectivity index is 1.93. The summed E-state index contributed by atoms with van der Waals surface area (Å²) in [4.78, 5) is 15.8. The topological polar surface area (TPSA) is 54.1 Å². The van der Waals surface area contributed by atoms with E-state index in [1.807, 2.05) is 57.2 Å². The summed E-state index contributed by atoms with van der Waals surface area (Å²) in [5.74, 6) is 0.902. The molecule has 1 aromatic heterocycles. The lowest BCUT2D eigenvalue weighted by molar-refractivity contribution is -0.122. The summed E-state index contributed by atoms with van der Waals surface area (Å²) in [6, 6.07) is 16.2. The van der Waals surface area contributed by atoms with Gasteiger partial charge in [0.25, 0.3) is 0 Å². The number of hydrogen-bond donors (Lipinski definition) is 2. The number of H-pyrrole nitrogens is 1. The summed E-state index contributed by atoms with van der Waals surface area (Å²) < 4.78 is 5.26. The van der Waals surface area contributed by atoms with Crippen LogP contribution < -0.4 is 10.1 Å². The average Bonchev–Trinajstić information content (AvgIpc) is 2.97. The molecule has 0 saturated heterocycles. The number of para-hydroxylation sites is 1. The minimum atomic E-state index is -0.212. The summed E-state index contributed by atoms with van der Waals surface area (Å²) in [6.45, 7) is 6.00. The molecule has 0 aliphatic carbocycles. The molecule has 0 fully saturated rings. The molecule has 4 heteroatoms. The quantitative estimate of drug-likeness (QED) is 0.701.